The Hall–Kier alpha value is -2.72. The third-order valence-electron chi connectivity index (χ3n) is 4.52. The summed E-state index contributed by atoms with van der Waals surface area (Å²) < 4.78 is 7.39. The monoisotopic (exact) mass is 368 g/mol. The summed E-state index contributed by atoms with van der Waals surface area (Å²) in [7, 11) is 3.56. The highest BCUT2D eigenvalue weighted by Crippen LogP contribution is 2.26. The van der Waals surface area contributed by atoms with Crippen molar-refractivity contribution in [3.05, 3.63) is 82.6 Å². The smallest absolute Gasteiger partial charge is 0.260 e. The molecule has 5 heteroatoms. The van der Waals surface area contributed by atoms with E-state index in [0.717, 1.165) is 22.7 Å². The van der Waals surface area contributed by atoms with Crippen LogP contribution in [-0.4, -0.2) is 17.6 Å². The number of benzene rings is 2. The van der Waals surface area contributed by atoms with Gasteiger partial charge in [0, 0.05) is 35.2 Å². The van der Waals surface area contributed by atoms with Crippen LogP contribution in [0.1, 0.15) is 21.6 Å². The van der Waals surface area contributed by atoms with Gasteiger partial charge in [-0.15, -0.1) is 0 Å². The lowest BCUT2D eigenvalue weighted by molar-refractivity contribution is 0.0984. The number of aromatic nitrogens is 1. The Morgan fingerprint density at radius 3 is 2.42 bits per heavy atom. The van der Waals surface area contributed by atoms with E-state index in [1.165, 1.54) is 0 Å². The topological polar surface area (TPSA) is 34.5 Å². The second-order valence-electron chi connectivity index (χ2n) is 6.11. The van der Waals surface area contributed by atoms with Crippen LogP contribution in [0.5, 0.6) is 5.75 Å². The molecule has 0 aliphatic heterocycles. The molecule has 1 heterocycles. The number of nitrogens with zero attached hydrogens (tertiary/aromatic N) is 2. The second kappa shape index (κ2) is 7.67. The summed E-state index contributed by atoms with van der Waals surface area (Å²) in [5.74, 6) is 0.695. The summed E-state index contributed by atoms with van der Waals surface area (Å²) in [5.41, 5.74) is 3.33. The number of amides is 1. The average Bonchev–Trinajstić information content (AvgIpc) is 2.99. The van der Waals surface area contributed by atoms with Crippen molar-refractivity contribution in [3.8, 4) is 5.75 Å². The van der Waals surface area contributed by atoms with Gasteiger partial charge in [0.1, 0.15) is 5.75 Å². The van der Waals surface area contributed by atoms with Gasteiger partial charge in [-0.2, -0.15) is 0 Å². The van der Waals surface area contributed by atoms with E-state index in [4.69, 9.17) is 16.3 Å². The van der Waals surface area contributed by atoms with Gasteiger partial charge in [-0.25, -0.2) is 0 Å². The average molecular weight is 369 g/mol. The van der Waals surface area contributed by atoms with E-state index >= 15 is 0 Å². The minimum atomic E-state index is -0.0590. The highest BCUT2D eigenvalue weighted by atomic mass is 35.5. The number of hydrogen-bond acceptors (Lipinski definition) is 2. The molecule has 0 radical (unpaired) electrons. The molecule has 26 heavy (non-hydrogen) atoms. The van der Waals surface area contributed by atoms with E-state index in [1.807, 2.05) is 67.2 Å². The summed E-state index contributed by atoms with van der Waals surface area (Å²) in [6, 6.07) is 16.9. The lowest BCUT2D eigenvalue weighted by Gasteiger charge is -2.24. The Morgan fingerprint density at radius 2 is 1.81 bits per heavy atom. The van der Waals surface area contributed by atoms with Gasteiger partial charge in [-0.05, 0) is 43.3 Å². The Balaban J connectivity index is 2.03. The summed E-state index contributed by atoms with van der Waals surface area (Å²) in [4.78, 5) is 15.1. The molecule has 134 valence electrons. The number of carbonyl (C=O) groups is 1. The minimum Gasteiger partial charge on any atom is -0.496 e. The zero-order valence-corrected chi connectivity index (χ0v) is 15.8. The van der Waals surface area contributed by atoms with E-state index in [2.05, 4.69) is 0 Å². The molecule has 0 spiro atoms. The number of ether oxygens (including phenoxy) is 1. The van der Waals surface area contributed by atoms with E-state index in [-0.39, 0.29) is 5.91 Å². The molecular formula is C21H21ClN2O2. The van der Waals surface area contributed by atoms with Gasteiger partial charge in [0.15, 0.2) is 0 Å². The molecule has 2 aromatic carbocycles. The molecule has 0 atom stereocenters. The fourth-order valence-corrected chi connectivity index (χ4v) is 3.01. The van der Waals surface area contributed by atoms with Crippen LogP contribution in [0.25, 0.3) is 0 Å². The van der Waals surface area contributed by atoms with Gasteiger partial charge in [0.2, 0.25) is 0 Å². The van der Waals surface area contributed by atoms with Crippen molar-refractivity contribution in [2.75, 3.05) is 12.0 Å². The highest BCUT2D eigenvalue weighted by Gasteiger charge is 2.22. The minimum absolute atomic E-state index is 0.0590. The standard InChI is InChI=1S/C21H21ClN2O2/c1-15-19(12-13-23(15)2)21(25)24(18-10-8-17(22)9-11-18)14-16-6-4-5-7-20(16)26-3/h4-13H,14H2,1-3H3. The van der Waals surface area contributed by atoms with Crippen LogP contribution in [-0.2, 0) is 13.6 Å². The number of aryl methyl sites for hydroxylation is 1. The number of para-hydroxylation sites is 1. The van der Waals surface area contributed by atoms with Crippen molar-refractivity contribution in [2.24, 2.45) is 7.05 Å². The van der Waals surface area contributed by atoms with Crippen LogP contribution in [0, 0.1) is 6.92 Å². The largest absolute Gasteiger partial charge is 0.496 e. The summed E-state index contributed by atoms with van der Waals surface area (Å²) in [5, 5.41) is 0.634. The molecule has 0 fully saturated rings. The molecule has 4 nitrogen and oxygen atoms in total. The van der Waals surface area contributed by atoms with Crippen molar-refractivity contribution in [1.29, 1.82) is 0 Å². The molecule has 1 aromatic heterocycles. The van der Waals surface area contributed by atoms with Crippen molar-refractivity contribution in [2.45, 2.75) is 13.5 Å². The molecule has 0 unspecified atom stereocenters. The first kappa shape index (κ1) is 18.1. The molecule has 3 rings (SSSR count). The summed E-state index contributed by atoms with van der Waals surface area (Å²) in [6.07, 6.45) is 1.89. The molecule has 0 saturated heterocycles. The number of rotatable bonds is 5. The quantitative estimate of drug-likeness (QED) is 0.645. The number of carbonyl (C=O) groups excluding carboxylic acids is 1. The van der Waals surface area contributed by atoms with Gasteiger partial charge in [-0.1, -0.05) is 29.8 Å². The first-order valence-corrected chi connectivity index (χ1v) is 8.70. The zero-order valence-electron chi connectivity index (χ0n) is 15.1. The highest BCUT2D eigenvalue weighted by molar-refractivity contribution is 6.30. The summed E-state index contributed by atoms with van der Waals surface area (Å²) in [6.45, 7) is 2.34. The maximum Gasteiger partial charge on any atom is 0.260 e. The number of halogens is 1. The Labute approximate surface area is 158 Å². The number of anilines is 1. The van der Waals surface area contributed by atoms with Gasteiger partial charge in [0.05, 0.1) is 19.2 Å². The third-order valence-corrected chi connectivity index (χ3v) is 4.77. The third kappa shape index (κ3) is 3.60. The van der Waals surface area contributed by atoms with E-state index in [0.29, 0.717) is 17.1 Å². The molecule has 0 aliphatic rings. The molecule has 0 bridgehead atoms. The van der Waals surface area contributed by atoms with Crippen LogP contribution in [0.2, 0.25) is 5.02 Å². The SMILES string of the molecule is COc1ccccc1CN(C(=O)c1ccn(C)c1C)c1ccc(Cl)cc1. The Bertz CT molecular complexity index is 916. The fraction of sp³-hybridized carbons (Fsp3) is 0.190. The van der Waals surface area contributed by atoms with E-state index in [1.54, 1.807) is 24.1 Å². The molecule has 1 amide bonds. The fourth-order valence-electron chi connectivity index (χ4n) is 2.89. The van der Waals surface area contributed by atoms with Gasteiger partial charge in [0.25, 0.3) is 5.91 Å². The Kier molecular flexibility index (Phi) is 5.33. The lowest BCUT2D eigenvalue weighted by atomic mass is 10.1. The number of hydrogen-bond donors (Lipinski definition) is 0. The maximum absolute atomic E-state index is 13.3. The lowest BCUT2D eigenvalue weighted by Crippen LogP contribution is -2.31. The van der Waals surface area contributed by atoms with Crippen LogP contribution in [0.3, 0.4) is 0 Å². The first-order chi connectivity index (χ1) is 12.5. The zero-order chi connectivity index (χ0) is 18.7. The molecule has 0 saturated carbocycles. The molecular weight excluding hydrogens is 348 g/mol. The van der Waals surface area contributed by atoms with Crippen LogP contribution >= 0.6 is 11.6 Å². The Morgan fingerprint density at radius 1 is 1.12 bits per heavy atom. The predicted octanol–water partition coefficient (Wildman–Crippen LogP) is 4.84. The van der Waals surface area contributed by atoms with Crippen molar-refractivity contribution in [1.82, 2.24) is 4.57 Å². The van der Waals surface area contributed by atoms with Crippen molar-refractivity contribution < 1.29 is 9.53 Å². The van der Waals surface area contributed by atoms with Crippen molar-refractivity contribution >= 4 is 23.2 Å². The van der Waals surface area contributed by atoms with Crippen LogP contribution in [0.4, 0.5) is 5.69 Å². The normalized spacial score (nSPS) is 10.6. The van der Waals surface area contributed by atoms with Gasteiger partial charge >= 0.3 is 0 Å². The van der Waals surface area contributed by atoms with E-state index in [9.17, 15) is 4.79 Å². The predicted molar refractivity (Wildman–Crippen MR) is 105 cm³/mol. The van der Waals surface area contributed by atoms with Gasteiger partial charge in [-0.3, -0.25) is 4.79 Å². The van der Waals surface area contributed by atoms with Gasteiger partial charge < -0.3 is 14.2 Å². The molecule has 3 aromatic rings. The van der Waals surface area contributed by atoms with Crippen LogP contribution in [0.15, 0.2) is 60.8 Å². The first-order valence-electron chi connectivity index (χ1n) is 8.32. The van der Waals surface area contributed by atoms with E-state index < -0.39 is 0 Å². The second-order valence-corrected chi connectivity index (χ2v) is 6.54. The maximum atomic E-state index is 13.3. The van der Waals surface area contributed by atoms with Crippen molar-refractivity contribution in [3.63, 3.8) is 0 Å². The molecule has 0 aliphatic carbocycles. The molecule has 0 N–H and O–H groups in total. The number of methoxy groups -OCH3 is 1. The summed E-state index contributed by atoms with van der Waals surface area (Å²) >= 11 is 6.02. The van der Waals surface area contributed by atoms with Crippen LogP contribution < -0.4 is 9.64 Å².